The number of carbonyl (C=O) groups excluding carboxylic acids is 1. The zero-order chi connectivity index (χ0) is 28.5. The Balaban J connectivity index is 1.30. The molecule has 4 heterocycles. The predicted molar refractivity (Wildman–Crippen MR) is 123 cm³/mol. The molecule has 0 aromatic carbocycles. The molecule has 2 aromatic heterocycles. The second-order valence-corrected chi connectivity index (χ2v) is 9.31. The Kier molecular flexibility index (Phi) is 8.02. The molecule has 4 atom stereocenters. The van der Waals surface area contributed by atoms with Gasteiger partial charge in [0.1, 0.15) is 11.7 Å². The summed E-state index contributed by atoms with van der Waals surface area (Å²) in [6.07, 6.45) is -8.62. The number of hydrogen-bond donors (Lipinski definition) is 3. The number of alkyl halides is 6. The first-order valence-corrected chi connectivity index (χ1v) is 11.9. The molecule has 0 radical (unpaired) electrons. The van der Waals surface area contributed by atoms with Crippen LogP contribution in [0.25, 0.3) is 0 Å². The van der Waals surface area contributed by atoms with Gasteiger partial charge in [0, 0.05) is 44.5 Å². The van der Waals surface area contributed by atoms with E-state index in [1.165, 1.54) is 16.7 Å². The number of rotatable bonds is 7. The van der Waals surface area contributed by atoms with E-state index >= 15 is 0 Å². The SMILES string of the molecule is CC(CO[C@@H]1CCN([C@@H]2CCN(c3ncc(C(F)(F)F)cn3)C[C@@H]2O)C1=O)Nc1cn[nH]c(=O)c1C(F)(F)F. The van der Waals surface area contributed by atoms with E-state index in [2.05, 4.69) is 20.4 Å². The predicted octanol–water partition coefficient (Wildman–Crippen LogP) is 1.66. The Labute approximate surface area is 217 Å². The second kappa shape index (κ2) is 11.0. The van der Waals surface area contributed by atoms with Gasteiger partial charge in [0.2, 0.25) is 5.95 Å². The van der Waals surface area contributed by atoms with Crippen molar-refractivity contribution in [2.75, 3.05) is 36.5 Å². The number of β-amino-alcohol motifs (C(OH)–C–C–N with tert-alkyl or cyclic N) is 1. The maximum atomic E-state index is 13.2. The van der Waals surface area contributed by atoms with Crippen LogP contribution in [0.3, 0.4) is 0 Å². The molecule has 0 saturated carbocycles. The molecule has 1 unspecified atom stereocenters. The van der Waals surface area contributed by atoms with Crippen molar-refractivity contribution in [2.24, 2.45) is 0 Å². The van der Waals surface area contributed by atoms with Crippen molar-refractivity contribution < 1.29 is 41.0 Å². The van der Waals surface area contributed by atoms with Crippen LogP contribution < -0.4 is 15.8 Å². The van der Waals surface area contributed by atoms with Crippen LogP contribution in [0.4, 0.5) is 38.0 Å². The number of aliphatic hydroxyl groups excluding tert-OH is 1. The number of hydrogen-bond acceptors (Lipinski definition) is 9. The first-order valence-electron chi connectivity index (χ1n) is 11.9. The highest BCUT2D eigenvalue weighted by atomic mass is 19.4. The van der Waals surface area contributed by atoms with Gasteiger partial charge in [-0.05, 0) is 13.3 Å². The van der Waals surface area contributed by atoms with Crippen LogP contribution in [-0.4, -0.2) is 86.6 Å². The van der Waals surface area contributed by atoms with Crippen molar-refractivity contribution in [3.63, 3.8) is 0 Å². The minimum absolute atomic E-state index is 0.00191. The smallest absolute Gasteiger partial charge is 0.389 e. The Hall–Kier alpha value is -3.47. The molecule has 2 saturated heterocycles. The Morgan fingerprint density at radius 2 is 1.79 bits per heavy atom. The van der Waals surface area contributed by atoms with E-state index in [-0.39, 0.29) is 38.1 Å². The molecule has 39 heavy (non-hydrogen) atoms. The number of halogens is 6. The first-order chi connectivity index (χ1) is 18.3. The molecule has 2 fully saturated rings. The van der Waals surface area contributed by atoms with Crippen molar-refractivity contribution in [2.45, 2.75) is 56.4 Å². The van der Waals surface area contributed by atoms with E-state index in [4.69, 9.17) is 4.74 Å². The molecule has 17 heteroatoms. The summed E-state index contributed by atoms with van der Waals surface area (Å²) in [6.45, 7) is 1.93. The van der Waals surface area contributed by atoms with Gasteiger partial charge < -0.3 is 25.0 Å². The average molecular weight is 565 g/mol. The average Bonchev–Trinajstić information content (AvgIpc) is 3.21. The lowest BCUT2D eigenvalue weighted by Crippen LogP contribution is -2.55. The Morgan fingerprint density at radius 3 is 2.41 bits per heavy atom. The van der Waals surface area contributed by atoms with Crippen LogP contribution >= 0.6 is 0 Å². The van der Waals surface area contributed by atoms with E-state index in [1.54, 1.807) is 5.10 Å². The van der Waals surface area contributed by atoms with Crippen LogP contribution in [-0.2, 0) is 21.9 Å². The van der Waals surface area contributed by atoms with E-state index in [0.29, 0.717) is 25.2 Å². The number of aromatic nitrogens is 4. The quantitative estimate of drug-likeness (QED) is 0.428. The molecule has 0 aliphatic carbocycles. The number of ether oxygens (including phenoxy) is 1. The summed E-state index contributed by atoms with van der Waals surface area (Å²) in [5, 5.41) is 18.4. The number of nitrogens with zero attached hydrogens (tertiary/aromatic N) is 5. The van der Waals surface area contributed by atoms with Gasteiger partial charge in [-0.1, -0.05) is 0 Å². The number of aromatic amines is 1. The Bertz CT molecular complexity index is 1220. The number of likely N-dealkylation sites (tertiary alicyclic amines) is 1. The van der Waals surface area contributed by atoms with Crippen molar-refractivity contribution >= 4 is 17.5 Å². The lowest BCUT2D eigenvalue weighted by Gasteiger charge is -2.40. The topological polar surface area (TPSA) is 137 Å². The van der Waals surface area contributed by atoms with Crippen LogP contribution in [0.5, 0.6) is 0 Å². The third-order valence-corrected chi connectivity index (χ3v) is 6.47. The van der Waals surface area contributed by atoms with Crippen molar-refractivity contribution in [3.05, 3.63) is 40.1 Å². The van der Waals surface area contributed by atoms with Gasteiger partial charge >= 0.3 is 12.4 Å². The molecule has 2 aliphatic rings. The third kappa shape index (κ3) is 6.41. The number of aliphatic hydroxyl groups is 1. The number of amides is 1. The van der Waals surface area contributed by atoms with E-state index < -0.39 is 59.0 Å². The first kappa shape index (κ1) is 28.5. The number of carbonyl (C=O) groups is 1. The van der Waals surface area contributed by atoms with Gasteiger partial charge in [0.05, 0.1) is 36.2 Å². The number of H-pyrrole nitrogens is 1. The molecule has 0 bridgehead atoms. The van der Waals surface area contributed by atoms with Gasteiger partial charge in [0.25, 0.3) is 11.5 Å². The van der Waals surface area contributed by atoms with Crippen molar-refractivity contribution in [1.29, 1.82) is 0 Å². The summed E-state index contributed by atoms with van der Waals surface area (Å²) in [6, 6.07) is -1.28. The van der Waals surface area contributed by atoms with E-state index in [9.17, 15) is 41.0 Å². The molecule has 1 amide bonds. The Morgan fingerprint density at radius 1 is 1.10 bits per heavy atom. The van der Waals surface area contributed by atoms with E-state index in [0.717, 1.165) is 6.20 Å². The van der Waals surface area contributed by atoms with Gasteiger partial charge in [-0.15, -0.1) is 0 Å². The van der Waals surface area contributed by atoms with Crippen molar-refractivity contribution in [3.8, 4) is 0 Å². The lowest BCUT2D eigenvalue weighted by atomic mass is 10.0. The summed E-state index contributed by atoms with van der Waals surface area (Å²) in [5.41, 5.74) is -4.32. The minimum atomic E-state index is -4.91. The molecule has 11 nitrogen and oxygen atoms in total. The molecular weight excluding hydrogens is 540 g/mol. The van der Waals surface area contributed by atoms with Gasteiger partial charge in [-0.3, -0.25) is 9.59 Å². The molecule has 214 valence electrons. The fourth-order valence-corrected chi connectivity index (χ4v) is 4.61. The normalized spacial score (nSPS) is 23.3. The van der Waals surface area contributed by atoms with Crippen LogP contribution in [0.1, 0.15) is 30.9 Å². The van der Waals surface area contributed by atoms with Crippen molar-refractivity contribution in [1.82, 2.24) is 25.1 Å². The van der Waals surface area contributed by atoms with Gasteiger partial charge in [-0.25, -0.2) is 15.1 Å². The summed E-state index contributed by atoms with van der Waals surface area (Å²) < 4.78 is 83.6. The second-order valence-electron chi connectivity index (χ2n) is 9.31. The van der Waals surface area contributed by atoms with Crippen LogP contribution in [0, 0.1) is 0 Å². The van der Waals surface area contributed by atoms with Crippen LogP contribution in [0.15, 0.2) is 23.4 Å². The highest BCUT2D eigenvalue weighted by Crippen LogP contribution is 2.32. The minimum Gasteiger partial charge on any atom is -0.389 e. The lowest BCUT2D eigenvalue weighted by molar-refractivity contribution is -0.141. The monoisotopic (exact) mass is 565 g/mol. The summed E-state index contributed by atoms with van der Waals surface area (Å²) >= 11 is 0. The maximum absolute atomic E-state index is 13.2. The summed E-state index contributed by atoms with van der Waals surface area (Å²) in [5.74, 6) is -0.362. The highest BCUT2D eigenvalue weighted by Gasteiger charge is 2.42. The standard InChI is InChI=1S/C22H25F6N7O4/c1-11(32-13-8-31-33-18(37)17(13)22(26,27)28)10-39-16-3-5-35(19(16)38)14-2-4-34(9-15(14)36)20-29-6-12(7-30-20)21(23,24)25/h6-8,11,14-16,36H,2-5,9-10H2,1H3,(H2,32,33,37)/t11?,14-,15+,16-/m1/s1. The highest BCUT2D eigenvalue weighted by molar-refractivity contribution is 5.83. The zero-order valence-corrected chi connectivity index (χ0v) is 20.5. The molecule has 2 aliphatic heterocycles. The summed E-state index contributed by atoms with van der Waals surface area (Å²) in [7, 11) is 0. The van der Waals surface area contributed by atoms with Gasteiger partial charge in [0.15, 0.2) is 0 Å². The molecule has 3 N–H and O–H groups in total. The largest absolute Gasteiger partial charge is 0.423 e. The fourth-order valence-electron chi connectivity index (χ4n) is 4.61. The van der Waals surface area contributed by atoms with E-state index in [1.807, 2.05) is 0 Å². The molecule has 0 spiro atoms. The fraction of sp³-hybridized carbons (Fsp3) is 0.591. The zero-order valence-electron chi connectivity index (χ0n) is 20.5. The molecule has 4 rings (SSSR count). The number of anilines is 2. The number of nitrogens with one attached hydrogen (secondary N) is 2. The van der Waals surface area contributed by atoms with Crippen LogP contribution in [0.2, 0.25) is 0 Å². The summed E-state index contributed by atoms with van der Waals surface area (Å²) in [4.78, 5) is 35.0. The maximum Gasteiger partial charge on any atom is 0.423 e. The number of piperidine rings is 1. The van der Waals surface area contributed by atoms with Gasteiger partial charge in [-0.2, -0.15) is 31.4 Å². The molecular formula is C22H25F6N7O4. The third-order valence-electron chi connectivity index (χ3n) is 6.47. The molecule has 2 aromatic rings.